The molecule has 0 radical (unpaired) electrons. The van der Waals surface area contributed by atoms with Crippen molar-refractivity contribution in [3.8, 4) is 5.75 Å². The number of methoxy groups -OCH3 is 1. The number of benzene rings is 1. The van der Waals surface area contributed by atoms with Crippen LogP contribution < -0.4 is 5.73 Å². The Morgan fingerprint density at radius 3 is 2.80 bits per heavy atom. The lowest BCUT2D eigenvalue weighted by Crippen LogP contribution is -2.41. The molecule has 1 saturated heterocycles. The van der Waals surface area contributed by atoms with Crippen molar-refractivity contribution in [2.24, 2.45) is 0 Å². The average molecular weight is 300 g/mol. The molecule has 0 aliphatic carbocycles. The monoisotopic (exact) mass is 300 g/mol. The van der Waals surface area contributed by atoms with Gasteiger partial charge in [0, 0.05) is 6.54 Å². The van der Waals surface area contributed by atoms with Gasteiger partial charge >= 0.3 is 5.97 Å². The van der Waals surface area contributed by atoms with Gasteiger partial charge in [0.15, 0.2) is 0 Å². The summed E-state index contributed by atoms with van der Waals surface area (Å²) in [5.74, 6) is -0.757. The minimum Gasteiger partial charge on any atom is -0.506 e. The second-order valence-corrected chi connectivity index (χ2v) is 6.41. The number of carbonyl (C=O) groups is 1. The number of hydrogen-bond acceptors (Lipinski definition) is 6. The molecule has 1 aromatic carbocycles. The fourth-order valence-corrected chi connectivity index (χ4v) is 3.91. The Bertz CT molecular complexity index is 629. The highest BCUT2D eigenvalue weighted by molar-refractivity contribution is 7.89. The molecular weight excluding hydrogens is 284 g/mol. The van der Waals surface area contributed by atoms with Crippen LogP contribution in [0.2, 0.25) is 0 Å². The van der Waals surface area contributed by atoms with E-state index < -0.39 is 22.0 Å². The zero-order chi connectivity index (χ0) is 14.9. The molecule has 7 nitrogen and oxygen atoms in total. The number of anilines is 1. The van der Waals surface area contributed by atoms with E-state index in [2.05, 4.69) is 4.74 Å². The van der Waals surface area contributed by atoms with E-state index in [1.807, 2.05) is 0 Å². The summed E-state index contributed by atoms with van der Waals surface area (Å²) in [6.07, 6.45) is 1.02. The molecular formula is C12H16N2O5S. The van der Waals surface area contributed by atoms with Crippen molar-refractivity contribution in [2.75, 3.05) is 19.4 Å². The van der Waals surface area contributed by atoms with Gasteiger partial charge in [0.05, 0.1) is 17.7 Å². The zero-order valence-corrected chi connectivity index (χ0v) is 11.8. The largest absolute Gasteiger partial charge is 0.506 e. The van der Waals surface area contributed by atoms with E-state index in [-0.39, 0.29) is 22.9 Å². The molecule has 0 amide bonds. The van der Waals surface area contributed by atoms with E-state index in [9.17, 15) is 18.3 Å². The van der Waals surface area contributed by atoms with Crippen LogP contribution in [0, 0.1) is 0 Å². The molecule has 1 unspecified atom stereocenters. The van der Waals surface area contributed by atoms with Gasteiger partial charge in [0.1, 0.15) is 11.8 Å². The van der Waals surface area contributed by atoms with Crippen LogP contribution in [0.25, 0.3) is 0 Å². The van der Waals surface area contributed by atoms with Crippen LogP contribution >= 0.6 is 0 Å². The minimum atomic E-state index is -3.84. The Morgan fingerprint density at radius 1 is 1.50 bits per heavy atom. The van der Waals surface area contributed by atoms with Crippen LogP contribution in [0.3, 0.4) is 0 Å². The Kier molecular flexibility index (Phi) is 3.87. The fraction of sp³-hybridized carbons (Fsp3) is 0.417. The highest BCUT2D eigenvalue weighted by atomic mass is 32.2. The van der Waals surface area contributed by atoms with E-state index in [0.29, 0.717) is 12.8 Å². The fourth-order valence-electron chi connectivity index (χ4n) is 2.23. The maximum atomic E-state index is 12.5. The quantitative estimate of drug-likeness (QED) is 0.472. The molecule has 8 heteroatoms. The zero-order valence-electron chi connectivity index (χ0n) is 10.9. The lowest BCUT2D eigenvalue weighted by molar-refractivity contribution is -0.144. The van der Waals surface area contributed by atoms with Gasteiger partial charge in [-0.3, -0.25) is 4.79 Å². The predicted molar refractivity (Wildman–Crippen MR) is 71.4 cm³/mol. The van der Waals surface area contributed by atoms with Gasteiger partial charge in [-0.1, -0.05) is 0 Å². The minimum absolute atomic E-state index is 0.0279. The molecule has 1 aliphatic heterocycles. The summed E-state index contributed by atoms with van der Waals surface area (Å²) in [6, 6.07) is 2.84. The van der Waals surface area contributed by atoms with Crippen LogP contribution in [0.15, 0.2) is 23.1 Å². The number of ether oxygens (including phenoxy) is 1. The van der Waals surface area contributed by atoms with Crippen LogP contribution in [-0.2, 0) is 19.6 Å². The molecule has 3 N–H and O–H groups in total. The standard InChI is InChI=1S/C12H16N2O5S/c1-19-12(16)10-3-2-6-14(10)20(17,18)8-4-5-11(15)9(13)7-8/h4-5,7,10,15H,2-3,6,13H2,1H3. The van der Waals surface area contributed by atoms with E-state index in [1.165, 1.54) is 25.3 Å². The highest BCUT2D eigenvalue weighted by Crippen LogP contribution is 2.30. The van der Waals surface area contributed by atoms with Gasteiger partial charge in [0.2, 0.25) is 10.0 Å². The van der Waals surface area contributed by atoms with Gasteiger partial charge in [-0.2, -0.15) is 4.31 Å². The molecule has 1 heterocycles. The van der Waals surface area contributed by atoms with Crippen molar-refractivity contribution < 1.29 is 23.1 Å². The summed E-state index contributed by atoms with van der Waals surface area (Å²) in [4.78, 5) is 11.6. The second-order valence-electron chi connectivity index (χ2n) is 4.52. The number of nitrogens with zero attached hydrogens (tertiary/aromatic N) is 1. The van der Waals surface area contributed by atoms with Crippen LogP contribution in [0.4, 0.5) is 5.69 Å². The van der Waals surface area contributed by atoms with E-state index >= 15 is 0 Å². The number of phenols is 1. The Morgan fingerprint density at radius 2 is 2.20 bits per heavy atom. The number of nitrogen functional groups attached to an aromatic ring is 1. The molecule has 20 heavy (non-hydrogen) atoms. The molecule has 0 bridgehead atoms. The Balaban J connectivity index is 2.38. The first-order valence-corrected chi connectivity index (χ1v) is 7.50. The summed E-state index contributed by atoms with van der Waals surface area (Å²) >= 11 is 0. The predicted octanol–water partition coefficient (Wildman–Crippen LogP) is 0.300. The Hall–Kier alpha value is -1.80. The first kappa shape index (κ1) is 14.6. The number of nitrogens with two attached hydrogens (primary N) is 1. The topological polar surface area (TPSA) is 110 Å². The molecule has 1 atom stereocenters. The Labute approximate surface area is 117 Å². The maximum Gasteiger partial charge on any atom is 0.324 e. The molecule has 0 aromatic heterocycles. The molecule has 110 valence electrons. The summed E-state index contributed by atoms with van der Waals surface area (Å²) in [7, 11) is -2.61. The van der Waals surface area contributed by atoms with Crippen molar-refractivity contribution >= 4 is 21.7 Å². The van der Waals surface area contributed by atoms with Crippen LogP contribution in [-0.4, -0.2) is 43.5 Å². The maximum absolute atomic E-state index is 12.5. The van der Waals surface area contributed by atoms with Crippen molar-refractivity contribution in [2.45, 2.75) is 23.8 Å². The van der Waals surface area contributed by atoms with Crippen molar-refractivity contribution in [1.29, 1.82) is 0 Å². The van der Waals surface area contributed by atoms with Crippen molar-refractivity contribution in [1.82, 2.24) is 4.31 Å². The summed E-state index contributed by atoms with van der Waals surface area (Å²) in [6.45, 7) is 0.253. The van der Waals surface area contributed by atoms with Crippen molar-refractivity contribution in [3.05, 3.63) is 18.2 Å². The van der Waals surface area contributed by atoms with Crippen LogP contribution in [0.5, 0.6) is 5.75 Å². The lowest BCUT2D eigenvalue weighted by Gasteiger charge is -2.22. The van der Waals surface area contributed by atoms with Gasteiger partial charge in [0.25, 0.3) is 0 Å². The first-order valence-electron chi connectivity index (χ1n) is 6.06. The highest BCUT2D eigenvalue weighted by Gasteiger charge is 2.40. The normalized spacial score (nSPS) is 19.9. The third kappa shape index (κ3) is 2.44. The molecule has 1 fully saturated rings. The number of phenolic OH excluding ortho intramolecular Hbond substituents is 1. The number of carbonyl (C=O) groups excluding carboxylic acids is 1. The lowest BCUT2D eigenvalue weighted by atomic mass is 10.2. The summed E-state index contributed by atoms with van der Waals surface area (Å²) < 4.78 is 30.8. The SMILES string of the molecule is COC(=O)C1CCCN1S(=O)(=O)c1ccc(O)c(N)c1. The number of aromatic hydroxyl groups is 1. The van der Waals surface area contributed by atoms with Crippen LogP contribution in [0.1, 0.15) is 12.8 Å². The van der Waals surface area contributed by atoms with E-state index in [4.69, 9.17) is 5.73 Å². The summed E-state index contributed by atoms with van der Waals surface area (Å²) in [5.41, 5.74) is 5.48. The van der Waals surface area contributed by atoms with E-state index in [1.54, 1.807) is 0 Å². The smallest absolute Gasteiger partial charge is 0.324 e. The number of esters is 1. The van der Waals surface area contributed by atoms with Gasteiger partial charge in [-0.25, -0.2) is 8.42 Å². The van der Waals surface area contributed by atoms with Gasteiger partial charge in [-0.05, 0) is 31.0 Å². The second kappa shape index (κ2) is 5.29. The van der Waals surface area contributed by atoms with Gasteiger partial charge < -0.3 is 15.6 Å². The number of rotatable bonds is 3. The summed E-state index contributed by atoms with van der Waals surface area (Å²) in [5, 5.41) is 9.35. The van der Waals surface area contributed by atoms with E-state index in [0.717, 1.165) is 4.31 Å². The van der Waals surface area contributed by atoms with Crippen molar-refractivity contribution in [3.63, 3.8) is 0 Å². The molecule has 1 aromatic rings. The third-order valence-electron chi connectivity index (χ3n) is 3.28. The number of hydrogen-bond donors (Lipinski definition) is 2. The molecule has 2 rings (SSSR count). The molecule has 0 saturated carbocycles. The van der Waals surface area contributed by atoms with Gasteiger partial charge in [-0.15, -0.1) is 0 Å². The third-order valence-corrected chi connectivity index (χ3v) is 5.19. The number of sulfonamides is 1. The first-order chi connectivity index (χ1) is 9.37. The molecule has 1 aliphatic rings. The molecule has 0 spiro atoms. The average Bonchev–Trinajstić information content (AvgIpc) is 2.90.